The Balaban J connectivity index is 1.51. The van der Waals surface area contributed by atoms with E-state index in [0.717, 1.165) is 11.6 Å². The molecule has 20 heteroatoms. The van der Waals surface area contributed by atoms with Gasteiger partial charge in [0.25, 0.3) is 10.1 Å². The first-order valence-corrected chi connectivity index (χ1v) is 32.3. The molecule has 0 saturated carbocycles. The van der Waals surface area contributed by atoms with Gasteiger partial charge in [-0.1, -0.05) is 87.4 Å². The van der Waals surface area contributed by atoms with E-state index in [2.05, 4.69) is 86.0 Å². The molecule has 0 saturated heterocycles. The lowest BCUT2D eigenvalue weighted by atomic mass is 9.95. The van der Waals surface area contributed by atoms with Crippen molar-refractivity contribution in [1.82, 2.24) is 9.97 Å². The van der Waals surface area contributed by atoms with Crippen LogP contribution in [0.4, 0.5) is 0 Å². The molecule has 0 amide bonds. The fourth-order valence-corrected chi connectivity index (χ4v) is 11.5. The first kappa shape index (κ1) is 55.4. The molecule has 0 radical (unpaired) electrons. The van der Waals surface area contributed by atoms with Crippen molar-refractivity contribution in [2.45, 2.75) is 109 Å². The fraction of sp³-hybridized carbons (Fsp3) is 0.438. The second-order valence-corrected chi connectivity index (χ2v) is 34.1. The zero-order valence-corrected chi connectivity index (χ0v) is 47.1. The smallest absolute Gasteiger partial charge is 0.345 e. The van der Waals surface area contributed by atoms with E-state index in [1.807, 2.05) is 19.1 Å². The Morgan fingerprint density at radius 2 is 1.60 bits per heavy atom. The number of halogens is 3. The molecule has 0 aliphatic carbocycles. The summed E-state index contributed by atoms with van der Waals surface area (Å²) in [5, 5.41) is 11.4. The summed E-state index contributed by atoms with van der Waals surface area (Å²) in [6.45, 7) is 26.8. The molecule has 2 aromatic heterocycles. The lowest BCUT2D eigenvalue weighted by Crippen LogP contribution is -2.43. The molecule has 0 aliphatic heterocycles. The Kier molecular flexibility index (Phi) is 18.8. The van der Waals surface area contributed by atoms with Crippen molar-refractivity contribution in [3.05, 3.63) is 97.5 Å². The van der Waals surface area contributed by atoms with E-state index in [0.29, 0.717) is 59.9 Å². The molecule has 5 aromatic rings. The molecule has 0 aliphatic rings. The normalized spacial score (nSPS) is 13.3. The highest BCUT2D eigenvalue weighted by atomic mass is 79.9. The number of thiophene rings is 1. The summed E-state index contributed by atoms with van der Waals surface area (Å²) in [6.07, 6.45) is 0.333. The zero-order valence-electron chi connectivity index (χ0n) is 40.4. The van der Waals surface area contributed by atoms with E-state index in [4.69, 9.17) is 55.5 Å². The summed E-state index contributed by atoms with van der Waals surface area (Å²) < 4.78 is 69.4. The van der Waals surface area contributed by atoms with Gasteiger partial charge in [-0.2, -0.15) is 8.42 Å². The van der Waals surface area contributed by atoms with E-state index in [1.54, 1.807) is 38.1 Å². The van der Waals surface area contributed by atoms with Crippen molar-refractivity contribution >= 4 is 93.2 Å². The highest BCUT2D eigenvalue weighted by Crippen LogP contribution is 2.52. The van der Waals surface area contributed by atoms with Crippen LogP contribution in [0.15, 0.2) is 70.1 Å². The van der Waals surface area contributed by atoms with Crippen LogP contribution in [-0.2, 0) is 35.0 Å². The second kappa shape index (κ2) is 23.1. The molecule has 3 aromatic carbocycles. The highest BCUT2D eigenvalue weighted by Gasteiger charge is 2.39. The van der Waals surface area contributed by atoms with Crippen LogP contribution < -0.4 is 18.6 Å². The van der Waals surface area contributed by atoms with Crippen LogP contribution in [0.25, 0.3) is 21.3 Å². The summed E-state index contributed by atoms with van der Waals surface area (Å²) in [4.78, 5) is 22.7. The number of aromatic nitrogens is 2. The number of carboxylic acids is 1. The quantitative estimate of drug-likeness (QED) is 0.0204. The van der Waals surface area contributed by atoms with Gasteiger partial charge in [0.15, 0.2) is 12.5 Å². The van der Waals surface area contributed by atoms with Crippen LogP contribution >= 0.6 is 50.5 Å². The van der Waals surface area contributed by atoms with Gasteiger partial charge in [0.1, 0.15) is 35.4 Å². The van der Waals surface area contributed by atoms with Crippen LogP contribution in [0.3, 0.4) is 0 Å². The van der Waals surface area contributed by atoms with Crippen molar-refractivity contribution in [3.63, 3.8) is 0 Å². The van der Waals surface area contributed by atoms with E-state index in [1.165, 1.54) is 29.8 Å². The number of hydrogen-bond acceptors (Lipinski definition) is 13. The number of hydrogen-bond donors (Lipinski definition) is 1. The van der Waals surface area contributed by atoms with Gasteiger partial charge in [-0.3, -0.25) is 4.18 Å². The minimum Gasteiger partial charge on any atom is -0.543 e. The predicted molar refractivity (Wildman–Crippen MR) is 279 cm³/mol. The number of aliphatic carboxylic acids is 1. The molecule has 2 unspecified atom stereocenters. The molecular formula is C48H61BrCl2N2O11S2Si2. The van der Waals surface area contributed by atoms with Crippen molar-refractivity contribution in [2.75, 3.05) is 33.2 Å². The third kappa shape index (κ3) is 14.1. The Bertz CT molecular complexity index is 2680. The minimum absolute atomic E-state index is 0.00942. The molecule has 68 heavy (non-hydrogen) atoms. The summed E-state index contributed by atoms with van der Waals surface area (Å²) in [7, 11) is -7.78. The molecule has 0 spiro atoms. The summed E-state index contributed by atoms with van der Waals surface area (Å²) >= 11 is 19.3. The van der Waals surface area contributed by atoms with Gasteiger partial charge in [0.05, 0.1) is 37.3 Å². The monoisotopic (exact) mass is 1110 g/mol. The first-order valence-electron chi connectivity index (χ1n) is 21.9. The van der Waals surface area contributed by atoms with E-state index >= 15 is 0 Å². The summed E-state index contributed by atoms with van der Waals surface area (Å²) in [5.74, 6) is -0.0946. The van der Waals surface area contributed by atoms with Gasteiger partial charge in [-0.25, -0.2) is 14.8 Å². The van der Waals surface area contributed by atoms with Crippen molar-refractivity contribution in [3.8, 4) is 34.3 Å². The van der Waals surface area contributed by atoms with Gasteiger partial charge in [0.2, 0.25) is 20.3 Å². The van der Waals surface area contributed by atoms with Gasteiger partial charge in [-0.05, 0) is 108 Å². The average molecular weight is 1110 g/mol. The summed E-state index contributed by atoms with van der Waals surface area (Å²) in [5.41, 5.74) is 3.68. The molecule has 2 heterocycles. The van der Waals surface area contributed by atoms with Crippen molar-refractivity contribution in [1.29, 1.82) is 0 Å². The SMILES string of the molecule is C=CCOCC(COS(=O)(=O)c1ccc(C)cc1)Oc1c(Cl)c(C)c(-c2c(Br)sc3ncnc(OC(Cc4cc(O[Si](C)(C)C(C)(C)C)ccc4OCOCC[Si](C)(C)C)C(=O)O)c23)c(C)c1Cl. The number of benzene rings is 3. The Morgan fingerprint density at radius 3 is 2.21 bits per heavy atom. The Morgan fingerprint density at radius 1 is 0.941 bits per heavy atom. The topological polar surface area (TPSA) is 162 Å². The van der Waals surface area contributed by atoms with Crippen LogP contribution in [0.2, 0.25) is 53.9 Å². The molecule has 2 atom stereocenters. The first-order chi connectivity index (χ1) is 31.7. The lowest BCUT2D eigenvalue weighted by Gasteiger charge is -2.36. The Hall–Kier alpha value is -3.57. The molecule has 5 rings (SSSR count). The second-order valence-electron chi connectivity index (χ2n) is 19.1. The maximum atomic E-state index is 13.2. The number of aryl methyl sites for hydroxylation is 1. The lowest BCUT2D eigenvalue weighted by molar-refractivity contribution is -0.145. The highest BCUT2D eigenvalue weighted by molar-refractivity contribution is 9.11. The van der Waals surface area contributed by atoms with Crippen LogP contribution in [0.5, 0.6) is 23.1 Å². The van der Waals surface area contributed by atoms with Gasteiger partial charge in [0, 0.05) is 32.2 Å². The molecular weight excluding hydrogens is 1050 g/mol. The van der Waals surface area contributed by atoms with Crippen molar-refractivity contribution < 1.29 is 50.6 Å². The standard InChI is InChI=1S/C48H61BrCl2N2O11S2Si2/c1-13-20-58-25-34(26-61-66(56,57)35-17-14-29(2)15-18-35)62-43-41(50)30(3)38(31(4)42(43)51)39-40-45(52-27-53-46(40)65-44(39)49)63-37(47(54)55)24-32-23-33(64-68(11,12)48(5,6)7)16-19-36(32)60-28-59-21-22-67(8,9)10/h13-19,23,27,34,37H,1,20-22,24-26,28H2,2-12H3,(H,54,55). The third-order valence-corrected chi connectivity index (χ3v) is 21.5. The molecule has 370 valence electrons. The van der Waals surface area contributed by atoms with Gasteiger partial charge >= 0.3 is 5.97 Å². The van der Waals surface area contributed by atoms with Crippen LogP contribution in [0, 0.1) is 20.8 Å². The number of carboxylic acid groups (broad SMARTS) is 1. The van der Waals surface area contributed by atoms with Gasteiger partial charge < -0.3 is 33.2 Å². The number of ether oxygens (including phenoxy) is 5. The molecule has 0 fully saturated rings. The Labute approximate surface area is 424 Å². The number of carbonyl (C=O) groups is 1. The maximum Gasteiger partial charge on any atom is 0.345 e. The van der Waals surface area contributed by atoms with Crippen LogP contribution in [0.1, 0.15) is 43.0 Å². The molecule has 13 nitrogen and oxygen atoms in total. The van der Waals surface area contributed by atoms with E-state index < -0.39 is 51.3 Å². The largest absolute Gasteiger partial charge is 0.543 e. The minimum atomic E-state index is -4.16. The van der Waals surface area contributed by atoms with Crippen molar-refractivity contribution in [2.24, 2.45) is 0 Å². The third-order valence-electron chi connectivity index (χ3n) is 11.5. The van der Waals surface area contributed by atoms with Crippen LogP contribution in [-0.4, -0.2) is 91.3 Å². The maximum absolute atomic E-state index is 13.2. The molecule has 0 bridgehead atoms. The predicted octanol–water partition coefficient (Wildman–Crippen LogP) is 12.9. The van der Waals surface area contributed by atoms with E-state index in [-0.39, 0.29) is 58.0 Å². The van der Waals surface area contributed by atoms with E-state index in [9.17, 15) is 18.3 Å². The van der Waals surface area contributed by atoms with Gasteiger partial charge in [-0.15, -0.1) is 17.9 Å². The average Bonchev–Trinajstić information content (AvgIpc) is 3.58. The summed E-state index contributed by atoms with van der Waals surface area (Å²) in [6, 6.07) is 12.7. The number of rotatable bonds is 24. The number of fused-ring (bicyclic) bond motifs is 1. The molecule has 1 N–H and O–H groups in total. The number of nitrogens with zero attached hydrogens (tertiary/aromatic N) is 2. The zero-order chi connectivity index (χ0) is 50.4. The fourth-order valence-electron chi connectivity index (χ4n) is 6.54.